The van der Waals surface area contributed by atoms with Crippen LogP contribution in [0.25, 0.3) is 0 Å². The molecule has 0 spiro atoms. The van der Waals surface area contributed by atoms with Crippen molar-refractivity contribution < 1.29 is 9.59 Å². The predicted octanol–water partition coefficient (Wildman–Crippen LogP) is 1.74. The molecule has 1 aliphatic carbocycles. The summed E-state index contributed by atoms with van der Waals surface area (Å²) in [5.41, 5.74) is 0.870. The molecule has 0 radical (unpaired) electrons. The van der Waals surface area contributed by atoms with Gasteiger partial charge in [-0.15, -0.1) is 12.4 Å². The summed E-state index contributed by atoms with van der Waals surface area (Å²) in [5.74, 6) is 1.05. The Morgan fingerprint density at radius 1 is 1.19 bits per heavy atom. The van der Waals surface area contributed by atoms with E-state index in [4.69, 9.17) is 0 Å². The van der Waals surface area contributed by atoms with Gasteiger partial charge in [-0.05, 0) is 19.4 Å². The summed E-state index contributed by atoms with van der Waals surface area (Å²) < 4.78 is 1.70. The average molecular weight is 398 g/mol. The fourth-order valence-electron chi connectivity index (χ4n) is 4.17. The largest absolute Gasteiger partial charge is 0.339 e. The van der Waals surface area contributed by atoms with E-state index in [0.717, 1.165) is 17.9 Å². The molecule has 2 heterocycles. The van der Waals surface area contributed by atoms with Crippen molar-refractivity contribution in [2.45, 2.75) is 44.6 Å². The van der Waals surface area contributed by atoms with Crippen LogP contribution in [0, 0.1) is 5.92 Å². The van der Waals surface area contributed by atoms with Gasteiger partial charge in [-0.2, -0.15) is 5.10 Å². The molecule has 2 fully saturated rings. The Morgan fingerprint density at radius 3 is 2.37 bits per heavy atom. The highest BCUT2D eigenvalue weighted by atomic mass is 35.5. The number of hydrogen-bond donors (Lipinski definition) is 1. The SMILES string of the molecule is CNC(C(=O)N1CCN(C(=O)CCC2CCCC2)CC1)c1cnn(C)c1.Cl. The lowest BCUT2D eigenvalue weighted by Crippen LogP contribution is -2.52. The molecular weight excluding hydrogens is 366 g/mol. The van der Waals surface area contributed by atoms with E-state index in [-0.39, 0.29) is 30.3 Å². The van der Waals surface area contributed by atoms with E-state index in [1.165, 1.54) is 25.7 Å². The Bertz CT molecular complexity index is 621. The lowest BCUT2D eigenvalue weighted by atomic mass is 10.0. The maximum Gasteiger partial charge on any atom is 0.244 e. The van der Waals surface area contributed by atoms with Crippen molar-refractivity contribution in [3.8, 4) is 0 Å². The summed E-state index contributed by atoms with van der Waals surface area (Å²) in [6.07, 6.45) is 10.5. The standard InChI is InChI=1S/C19H31N5O2.ClH/c1-20-18(16-13-21-22(2)14-16)19(26)24-11-9-23(10-12-24)17(25)8-7-15-5-3-4-6-15;/h13-15,18,20H,3-12H2,1-2H3;1H. The molecule has 8 heteroatoms. The third-order valence-corrected chi connectivity index (χ3v) is 5.78. The fourth-order valence-corrected chi connectivity index (χ4v) is 4.17. The summed E-state index contributed by atoms with van der Waals surface area (Å²) in [6, 6.07) is -0.381. The van der Waals surface area contributed by atoms with E-state index >= 15 is 0 Å². The molecule has 27 heavy (non-hydrogen) atoms. The second-order valence-corrected chi connectivity index (χ2v) is 7.56. The number of piperazine rings is 1. The average Bonchev–Trinajstić information content (AvgIpc) is 3.32. The molecule has 1 unspecified atom stereocenters. The van der Waals surface area contributed by atoms with Gasteiger partial charge >= 0.3 is 0 Å². The van der Waals surface area contributed by atoms with Crippen molar-refractivity contribution >= 4 is 24.2 Å². The number of carbonyl (C=O) groups is 2. The minimum atomic E-state index is -0.381. The van der Waals surface area contributed by atoms with Gasteiger partial charge in [-0.3, -0.25) is 14.3 Å². The summed E-state index contributed by atoms with van der Waals surface area (Å²) in [6.45, 7) is 2.48. The van der Waals surface area contributed by atoms with E-state index in [1.807, 2.05) is 23.0 Å². The van der Waals surface area contributed by atoms with Gasteiger partial charge in [0.1, 0.15) is 6.04 Å². The van der Waals surface area contributed by atoms with Crippen molar-refractivity contribution in [3.63, 3.8) is 0 Å². The third-order valence-electron chi connectivity index (χ3n) is 5.78. The number of nitrogens with one attached hydrogen (secondary N) is 1. The first-order valence-electron chi connectivity index (χ1n) is 9.81. The minimum Gasteiger partial charge on any atom is -0.339 e. The topological polar surface area (TPSA) is 70.5 Å². The molecule has 2 amide bonds. The summed E-state index contributed by atoms with van der Waals surface area (Å²) >= 11 is 0. The van der Waals surface area contributed by atoms with Gasteiger partial charge in [0.2, 0.25) is 11.8 Å². The number of aryl methyl sites for hydroxylation is 1. The van der Waals surface area contributed by atoms with Crippen molar-refractivity contribution in [3.05, 3.63) is 18.0 Å². The number of nitrogens with zero attached hydrogens (tertiary/aromatic N) is 4. The molecule has 1 aliphatic heterocycles. The molecule has 1 aromatic heterocycles. The smallest absolute Gasteiger partial charge is 0.244 e. The van der Waals surface area contributed by atoms with Gasteiger partial charge in [0.15, 0.2) is 0 Å². The van der Waals surface area contributed by atoms with Crippen LogP contribution in [0.2, 0.25) is 0 Å². The lowest BCUT2D eigenvalue weighted by Gasteiger charge is -2.36. The summed E-state index contributed by atoms with van der Waals surface area (Å²) in [4.78, 5) is 29.1. The maximum absolute atomic E-state index is 12.8. The van der Waals surface area contributed by atoms with Crippen LogP contribution in [0.1, 0.15) is 50.1 Å². The van der Waals surface area contributed by atoms with E-state index < -0.39 is 0 Å². The second kappa shape index (κ2) is 10.1. The lowest BCUT2D eigenvalue weighted by molar-refractivity contribution is -0.141. The molecule has 1 saturated carbocycles. The molecule has 2 aliphatic rings. The van der Waals surface area contributed by atoms with Crippen LogP contribution in [-0.2, 0) is 16.6 Å². The van der Waals surface area contributed by atoms with Crippen molar-refractivity contribution in [2.75, 3.05) is 33.2 Å². The Morgan fingerprint density at radius 2 is 1.81 bits per heavy atom. The van der Waals surface area contributed by atoms with Crippen molar-refractivity contribution in [2.24, 2.45) is 13.0 Å². The molecule has 0 aromatic carbocycles. The highest BCUT2D eigenvalue weighted by Gasteiger charge is 2.30. The van der Waals surface area contributed by atoms with Gasteiger partial charge in [0, 0.05) is 51.4 Å². The second-order valence-electron chi connectivity index (χ2n) is 7.56. The first kappa shape index (κ1) is 21.7. The number of carbonyl (C=O) groups excluding carboxylic acids is 2. The summed E-state index contributed by atoms with van der Waals surface area (Å²) in [5, 5.41) is 7.24. The Kier molecular flexibility index (Phi) is 8.10. The normalized spacial score (nSPS) is 19.0. The molecule has 7 nitrogen and oxygen atoms in total. The Hall–Kier alpha value is -1.60. The monoisotopic (exact) mass is 397 g/mol. The number of rotatable bonds is 6. The van der Waals surface area contributed by atoms with Crippen LogP contribution in [0.5, 0.6) is 0 Å². The number of aromatic nitrogens is 2. The minimum absolute atomic E-state index is 0. The van der Waals surface area contributed by atoms with Gasteiger partial charge in [0.05, 0.1) is 6.20 Å². The van der Waals surface area contributed by atoms with Crippen LogP contribution in [0.4, 0.5) is 0 Å². The first-order chi connectivity index (χ1) is 12.6. The van der Waals surface area contributed by atoms with Crippen molar-refractivity contribution in [1.82, 2.24) is 24.9 Å². The molecule has 1 aromatic rings. The van der Waals surface area contributed by atoms with Gasteiger partial charge in [-0.1, -0.05) is 25.7 Å². The number of likely N-dealkylation sites (N-methyl/N-ethyl adjacent to an activating group) is 1. The van der Waals surface area contributed by atoms with E-state index in [0.29, 0.717) is 32.6 Å². The highest BCUT2D eigenvalue weighted by Crippen LogP contribution is 2.28. The van der Waals surface area contributed by atoms with Gasteiger partial charge < -0.3 is 15.1 Å². The molecule has 1 N–H and O–H groups in total. The Balaban J connectivity index is 0.00000261. The van der Waals surface area contributed by atoms with Crippen LogP contribution in [-0.4, -0.2) is 64.6 Å². The van der Waals surface area contributed by atoms with E-state index in [2.05, 4.69) is 10.4 Å². The third kappa shape index (κ3) is 5.45. The van der Waals surface area contributed by atoms with Crippen LogP contribution >= 0.6 is 12.4 Å². The molecule has 1 saturated heterocycles. The molecule has 3 rings (SSSR count). The Labute approximate surface area is 167 Å². The highest BCUT2D eigenvalue weighted by molar-refractivity contribution is 5.85. The molecule has 152 valence electrons. The molecule has 1 atom stereocenters. The first-order valence-corrected chi connectivity index (χ1v) is 9.81. The van der Waals surface area contributed by atoms with Crippen LogP contribution in [0.15, 0.2) is 12.4 Å². The number of halogens is 1. The van der Waals surface area contributed by atoms with Crippen LogP contribution in [0.3, 0.4) is 0 Å². The maximum atomic E-state index is 12.8. The quantitative estimate of drug-likeness (QED) is 0.793. The van der Waals surface area contributed by atoms with E-state index in [9.17, 15) is 9.59 Å². The predicted molar refractivity (Wildman–Crippen MR) is 107 cm³/mol. The van der Waals surface area contributed by atoms with E-state index in [1.54, 1.807) is 17.9 Å². The van der Waals surface area contributed by atoms with Gasteiger partial charge in [-0.25, -0.2) is 0 Å². The number of hydrogen-bond acceptors (Lipinski definition) is 4. The molecule has 0 bridgehead atoms. The zero-order chi connectivity index (χ0) is 18.5. The van der Waals surface area contributed by atoms with Gasteiger partial charge in [0.25, 0.3) is 0 Å². The fraction of sp³-hybridized carbons (Fsp3) is 0.737. The summed E-state index contributed by atoms with van der Waals surface area (Å²) in [7, 11) is 3.63. The van der Waals surface area contributed by atoms with Crippen molar-refractivity contribution in [1.29, 1.82) is 0 Å². The van der Waals surface area contributed by atoms with Crippen LogP contribution < -0.4 is 5.32 Å². The zero-order valence-corrected chi connectivity index (χ0v) is 17.2. The number of amides is 2. The zero-order valence-electron chi connectivity index (χ0n) is 16.4. The molecular formula is C19H32ClN5O2.